The predicted molar refractivity (Wildman–Crippen MR) is 94.5 cm³/mol. The number of carbonyl (C=O) groups is 1. The fourth-order valence-corrected chi connectivity index (χ4v) is 3.03. The second kappa shape index (κ2) is 7.95. The molecule has 0 atom stereocenters. The number of piperidine rings is 1. The van der Waals surface area contributed by atoms with Gasteiger partial charge in [0.05, 0.1) is 14.2 Å². The van der Waals surface area contributed by atoms with Gasteiger partial charge in [-0.25, -0.2) is 0 Å². The molecule has 1 fully saturated rings. The molecule has 0 aliphatic carbocycles. The third-order valence-corrected chi connectivity index (χ3v) is 4.44. The smallest absolute Gasteiger partial charge is 0.319 e. The van der Waals surface area contributed by atoms with Crippen molar-refractivity contribution in [2.24, 2.45) is 0 Å². The Morgan fingerprint density at radius 1 is 1.08 bits per heavy atom. The van der Waals surface area contributed by atoms with E-state index in [4.69, 9.17) is 14.2 Å². The number of carbonyl (C=O) groups excluding carboxylic acids is 1. The second-order valence-electron chi connectivity index (χ2n) is 6.01. The number of methoxy groups -OCH3 is 2. The van der Waals surface area contributed by atoms with Crippen LogP contribution in [0.2, 0.25) is 0 Å². The number of hydrogen-bond acceptors (Lipinski definition) is 5. The molecule has 0 saturated carbocycles. The van der Waals surface area contributed by atoms with Crippen molar-refractivity contribution in [2.75, 3.05) is 27.3 Å². The Kier molecular flexibility index (Phi) is 5.46. The number of ether oxygens (including phenoxy) is 3. The first-order valence-corrected chi connectivity index (χ1v) is 8.49. The second-order valence-corrected chi connectivity index (χ2v) is 6.01. The molecular formula is C19H22N2O5. The van der Waals surface area contributed by atoms with Gasteiger partial charge in [0.15, 0.2) is 17.7 Å². The molecule has 7 heteroatoms. The van der Waals surface area contributed by atoms with Crippen LogP contribution >= 0.6 is 0 Å². The molecule has 0 spiro atoms. The molecule has 0 radical (unpaired) electrons. The van der Waals surface area contributed by atoms with Crippen LogP contribution in [0.1, 0.15) is 23.3 Å². The fraction of sp³-hybridized carbons (Fsp3) is 0.368. The van der Waals surface area contributed by atoms with Gasteiger partial charge in [0, 0.05) is 38.1 Å². The molecule has 2 heterocycles. The zero-order valence-corrected chi connectivity index (χ0v) is 14.9. The van der Waals surface area contributed by atoms with Gasteiger partial charge in [-0.05, 0) is 18.2 Å². The van der Waals surface area contributed by atoms with Gasteiger partial charge in [0.1, 0.15) is 6.10 Å². The molecule has 26 heavy (non-hydrogen) atoms. The Labute approximate surface area is 152 Å². The Hall–Kier alpha value is -2.96. The average molecular weight is 358 g/mol. The molecule has 7 nitrogen and oxygen atoms in total. The van der Waals surface area contributed by atoms with E-state index in [1.807, 2.05) is 18.2 Å². The number of para-hydroxylation sites is 1. The Balaban J connectivity index is 1.65. The van der Waals surface area contributed by atoms with Gasteiger partial charge in [-0.2, -0.15) is 4.73 Å². The largest absolute Gasteiger partial charge is 0.618 e. The summed E-state index contributed by atoms with van der Waals surface area (Å²) in [6.07, 6.45) is 2.60. The first-order chi connectivity index (χ1) is 12.6. The third-order valence-electron chi connectivity index (χ3n) is 4.44. The fourth-order valence-electron chi connectivity index (χ4n) is 3.03. The first-order valence-electron chi connectivity index (χ1n) is 8.49. The minimum Gasteiger partial charge on any atom is -0.618 e. The SMILES string of the molecule is COc1cccc(OC)c1OC1CCN(C(=O)c2cccc[n+]2[O-])CC1. The molecule has 1 aromatic carbocycles. The lowest BCUT2D eigenvalue weighted by Crippen LogP contribution is -2.46. The summed E-state index contributed by atoms with van der Waals surface area (Å²) < 4.78 is 17.4. The van der Waals surface area contributed by atoms with Crippen LogP contribution in [-0.2, 0) is 0 Å². The standard InChI is InChI=1S/C19H22N2O5/c1-24-16-7-5-8-17(25-2)18(16)26-14-9-12-20(13-10-14)19(22)15-6-3-4-11-21(15)23/h3-8,11,14H,9-10,12-13H2,1-2H3. The van der Waals surface area contributed by atoms with E-state index in [2.05, 4.69) is 0 Å². The summed E-state index contributed by atoms with van der Waals surface area (Å²) in [6, 6.07) is 10.3. The maximum absolute atomic E-state index is 12.5. The summed E-state index contributed by atoms with van der Waals surface area (Å²) in [5.41, 5.74) is 0.137. The van der Waals surface area contributed by atoms with Crippen LogP contribution in [0.4, 0.5) is 0 Å². The summed E-state index contributed by atoms with van der Waals surface area (Å²) in [5.74, 6) is 1.54. The van der Waals surface area contributed by atoms with Crippen molar-refractivity contribution in [3.05, 3.63) is 53.5 Å². The van der Waals surface area contributed by atoms with E-state index < -0.39 is 0 Å². The van der Waals surface area contributed by atoms with Crippen LogP contribution in [0.3, 0.4) is 0 Å². The Bertz CT molecular complexity index is 750. The average Bonchev–Trinajstić information content (AvgIpc) is 2.68. The lowest BCUT2D eigenvalue weighted by Gasteiger charge is -2.32. The number of aromatic nitrogens is 1. The lowest BCUT2D eigenvalue weighted by atomic mass is 10.1. The number of nitrogens with zero attached hydrogens (tertiary/aromatic N) is 2. The Morgan fingerprint density at radius 3 is 2.31 bits per heavy atom. The van der Waals surface area contributed by atoms with Gasteiger partial charge in [0.2, 0.25) is 5.75 Å². The van der Waals surface area contributed by atoms with Gasteiger partial charge in [-0.1, -0.05) is 6.07 Å². The van der Waals surface area contributed by atoms with Crippen LogP contribution in [-0.4, -0.2) is 44.2 Å². The minimum absolute atomic E-state index is 0.0561. The summed E-state index contributed by atoms with van der Waals surface area (Å²) in [6.45, 7) is 1.05. The maximum Gasteiger partial charge on any atom is 0.319 e. The van der Waals surface area contributed by atoms with Gasteiger partial charge in [-0.3, -0.25) is 4.79 Å². The van der Waals surface area contributed by atoms with Gasteiger partial charge < -0.3 is 24.3 Å². The van der Waals surface area contributed by atoms with Gasteiger partial charge in [0.25, 0.3) is 5.69 Å². The van der Waals surface area contributed by atoms with Crippen molar-refractivity contribution in [1.82, 2.24) is 4.90 Å². The highest BCUT2D eigenvalue weighted by Crippen LogP contribution is 2.38. The van der Waals surface area contributed by atoms with E-state index >= 15 is 0 Å². The zero-order valence-electron chi connectivity index (χ0n) is 14.9. The van der Waals surface area contributed by atoms with E-state index in [1.54, 1.807) is 31.3 Å². The van der Waals surface area contributed by atoms with Crippen LogP contribution in [0.15, 0.2) is 42.6 Å². The minimum atomic E-state index is -0.256. The maximum atomic E-state index is 12.5. The quantitative estimate of drug-likeness (QED) is 0.604. The van der Waals surface area contributed by atoms with Gasteiger partial charge in [-0.15, -0.1) is 0 Å². The summed E-state index contributed by atoms with van der Waals surface area (Å²) in [7, 11) is 3.17. The molecule has 1 aliphatic rings. The highest BCUT2D eigenvalue weighted by molar-refractivity contribution is 5.91. The Morgan fingerprint density at radius 2 is 1.73 bits per heavy atom. The summed E-state index contributed by atoms with van der Waals surface area (Å²) in [5, 5.41) is 11.8. The van der Waals surface area contributed by atoms with Crippen LogP contribution in [0.5, 0.6) is 17.2 Å². The number of rotatable bonds is 5. The molecule has 1 saturated heterocycles. The number of pyridine rings is 1. The molecule has 2 aromatic rings. The molecule has 3 rings (SSSR count). The van der Waals surface area contributed by atoms with E-state index in [1.165, 1.54) is 12.3 Å². The predicted octanol–water partition coefficient (Wildman–Crippen LogP) is 2.02. The lowest BCUT2D eigenvalue weighted by molar-refractivity contribution is -0.608. The van der Waals surface area contributed by atoms with Crippen molar-refractivity contribution in [1.29, 1.82) is 0 Å². The molecule has 0 bridgehead atoms. The van der Waals surface area contributed by atoms with Gasteiger partial charge >= 0.3 is 5.91 Å². The van der Waals surface area contributed by atoms with Crippen LogP contribution in [0, 0.1) is 5.21 Å². The molecular weight excluding hydrogens is 336 g/mol. The molecule has 1 aliphatic heterocycles. The van der Waals surface area contributed by atoms with Crippen LogP contribution < -0.4 is 18.9 Å². The first kappa shape index (κ1) is 17.8. The van der Waals surface area contributed by atoms with Crippen molar-refractivity contribution in [3.63, 3.8) is 0 Å². The van der Waals surface area contributed by atoms with Crippen LogP contribution in [0.25, 0.3) is 0 Å². The van der Waals surface area contributed by atoms with E-state index in [9.17, 15) is 10.0 Å². The normalized spacial score (nSPS) is 14.8. The molecule has 1 amide bonds. The highest BCUT2D eigenvalue weighted by atomic mass is 16.5. The number of amides is 1. The topological polar surface area (TPSA) is 74.9 Å². The van der Waals surface area contributed by atoms with Crippen molar-refractivity contribution < 1.29 is 23.7 Å². The number of benzene rings is 1. The molecule has 0 N–H and O–H groups in total. The highest BCUT2D eigenvalue weighted by Gasteiger charge is 2.29. The number of likely N-dealkylation sites (tertiary alicyclic amines) is 1. The summed E-state index contributed by atoms with van der Waals surface area (Å²) in [4.78, 5) is 14.2. The van der Waals surface area contributed by atoms with Crippen molar-refractivity contribution in [2.45, 2.75) is 18.9 Å². The van der Waals surface area contributed by atoms with E-state index in [0.29, 0.717) is 47.9 Å². The van der Waals surface area contributed by atoms with Crippen molar-refractivity contribution >= 4 is 5.91 Å². The van der Waals surface area contributed by atoms with Crippen molar-refractivity contribution in [3.8, 4) is 17.2 Å². The summed E-state index contributed by atoms with van der Waals surface area (Å²) >= 11 is 0. The zero-order chi connectivity index (χ0) is 18.5. The van der Waals surface area contributed by atoms with E-state index in [0.717, 1.165) is 0 Å². The third kappa shape index (κ3) is 3.66. The molecule has 0 unspecified atom stereocenters. The molecule has 1 aromatic heterocycles. The number of hydrogen-bond donors (Lipinski definition) is 0. The monoisotopic (exact) mass is 358 g/mol. The van der Waals surface area contributed by atoms with E-state index in [-0.39, 0.29) is 17.7 Å². The molecule has 138 valence electrons.